The van der Waals surface area contributed by atoms with E-state index in [1.54, 1.807) is 11.1 Å². The number of nitro groups is 1. The van der Waals surface area contributed by atoms with Gasteiger partial charge in [-0.1, -0.05) is 6.07 Å². The molecule has 2 heterocycles. The van der Waals surface area contributed by atoms with E-state index in [0.29, 0.717) is 19.4 Å². The van der Waals surface area contributed by atoms with Gasteiger partial charge < -0.3 is 4.90 Å². The minimum absolute atomic E-state index is 0.00373. The van der Waals surface area contributed by atoms with Crippen molar-refractivity contribution in [1.82, 2.24) is 9.88 Å². The van der Waals surface area contributed by atoms with Crippen LogP contribution < -0.4 is 0 Å². The second-order valence-electron chi connectivity index (χ2n) is 5.83. The van der Waals surface area contributed by atoms with Crippen LogP contribution in [0, 0.1) is 21.7 Å². The van der Waals surface area contributed by atoms with Gasteiger partial charge in [-0.3, -0.25) is 19.9 Å². The first-order valence-corrected chi connectivity index (χ1v) is 8.18. The monoisotopic (exact) mass is 363 g/mol. The van der Waals surface area contributed by atoms with Crippen LogP contribution in [0.5, 0.6) is 0 Å². The molecule has 0 bridgehead atoms. The van der Waals surface area contributed by atoms with Crippen LogP contribution in [0.1, 0.15) is 18.5 Å². The Morgan fingerprint density at radius 2 is 1.81 bits per heavy atom. The van der Waals surface area contributed by atoms with Gasteiger partial charge in [0, 0.05) is 42.6 Å². The van der Waals surface area contributed by atoms with E-state index in [1.165, 1.54) is 0 Å². The Morgan fingerprint density at radius 3 is 2.35 bits per heavy atom. The summed E-state index contributed by atoms with van der Waals surface area (Å²) in [5, 5.41) is 10.7. The van der Waals surface area contributed by atoms with Crippen molar-refractivity contribution >= 4 is 5.91 Å². The van der Waals surface area contributed by atoms with Gasteiger partial charge in [-0.05, 0) is 36.4 Å². The molecule has 2 aromatic rings. The third-order valence-corrected chi connectivity index (χ3v) is 3.94. The van der Waals surface area contributed by atoms with Gasteiger partial charge in [-0.25, -0.2) is 8.78 Å². The highest BCUT2D eigenvalue weighted by molar-refractivity contribution is 5.77. The molecule has 138 valence electrons. The maximum atomic E-state index is 11.9. The topological polar surface area (TPSA) is 76.3 Å². The summed E-state index contributed by atoms with van der Waals surface area (Å²) in [6.45, 7) is 0.721. The average Bonchev–Trinajstić information content (AvgIpc) is 2.64. The van der Waals surface area contributed by atoms with E-state index in [-0.39, 0.29) is 23.8 Å². The number of carbonyl (C=O) groups is 1. The Hall–Kier alpha value is -2.90. The third-order valence-electron chi connectivity index (χ3n) is 3.94. The molecule has 1 saturated heterocycles. The molecule has 1 atom stereocenters. The Balaban J connectivity index is 0.000000254. The second-order valence-corrected chi connectivity index (χ2v) is 5.83. The molecule has 0 radical (unpaired) electrons. The second kappa shape index (κ2) is 9.55. The quantitative estimate of drug-likeness (QED) is 0.618. The van der Waals surface area contributed by atoms with Crippen LogP contribution in [0.25, 0.3) is 0 Å². The third kappa shape index (κ3) is 6.19. The number of halogens is 2. The largest absolute Gasteiger partial charge is 0.335 e. The molecule has 0 N–H and O–H groups in total. The highest BCUT2D eigenvalue weighted by Crippen LogP contribution is 2.14. The molecular formula is C18H19F2N3O3. The summed E-state index contributed by atoms with van der Waals surface area (Å²) in [5.41, 5.74) is 0.897. The first-order chi connectivity index (χ1) is 12.5. The highest BCUT2D eigenvalue weighted by atomic mass is 19.1. The van der Waals surface area contributed by atoms with Crippen LogP contribution >= 0.6 is 0 Å². The lowest BCUT2D eigenvalue weighted by Gasteiger charge is -2.28. The van der Waals surface area contributed by atoms with Gasteiger partial charge in [0.05, 0.1) is 6.54 Å². The zero-order valence-electron chi connectivity index (χ0n) is 14.1. The van der Waals surface area contributed by atoms with Crippen molar-refractivity contribution in [2.45, 2.75) is 25.3 Å². The van der Waals surface area contributed by atoms with E-state index in [2.05, 4.69) is 4.98 Å². The van der Waals surface area contributed by atoms with Gasteiger partial charge in [0.2, 0.25) is 11.9 Å². The van der Waals surface area contributed by atoms with Crippen LogP contribution in [-0.2, 0) is 11.2 Å². The minimum Gasteiger partial charge on any atom is -0.335 e. The zero-order valence-corrected chi connectivity index (χ0v) is 14.1. The van der Waals surface area contributed by atoms with Gasteiger partial charge in [0.15, 0.2) is 0 Å². The van der Waals surface area contributed by atoms with Crippen molar-refractivity contribution in [2.75, 3.05) is 13.1 Å². The summed E-state index contributed by atoms with van der Waals surface area (Å²) in [6.07, 6.45) is 2.96. The summed E-state index contributed by atoms with van der Waals surface area (Å²) in [6, 6.07) is 9.30. The molecule has 0 saturated carbocycles. The number of pyridine rings is 1. The molecule has 1 fully saturated rings. The van der Waals surface area contributed by atoms with Crippen LogP contribution in [0.3, 0.4) is 0 Å². The lowest BCUT2D eigenvalue weighted by Crippen LogP contribution is -2.46. The minimum atomic E-state index is -0.619. The molecule has 1 aromatic carbocycles. The van der Waals surface area contributed by atoms with Crippen LogP contribution in [0.2, 0.25) is 0 Å². The fraction of sp³-hybridized carbons (Fsp3) is 0.333. The van der Waals surface area contributed by atoms with Gasteiger partial charge in [-0.15, -0.1) is 0 Å². The van der Waals surface area contributed by atoms with E-state index in [9.17, 15) is 23.7 Å². The molecule has 1 aromatic heterocycles. The van der Waals surface area contributed by atoms with Gasteiger partial charge in [0.1, 0.15) is 11.6 Å². The van der Waals surface area contributed by atoms with E-state index >= 15 is 0 Å². The number of hydrogen-bond donors (Lipinski definition) is 0. The van der Waals surface area contributed by atoms with Crippen LogP contribution in [-0.4, -0.2) is 39.8 Å². The number of likely N-dealkylation sites (tertiary alicyclic amines) is 1. The maximum absolute atomic E-state index is 11.9. The Labute approximate surface area is 149 Å². The smallest absolute Gasteiger partial charge is 0.230 e. The van der Waals surface area contributed by atoms with Crippen molar-refractivity contribution < 1.29 is 18.5 Å². The lowest BCUT2D eigenvalue weighted by molar-refractivity contribution is -0.524. The van der Waals surface area contributed by atoms with Crippen molar-refractivity contribution in [2.24, 2.45) is 0 Å². The summed E-state index contributed by atoms with van der Waals surface area (Å²) >= 11 is 0. The molecule has 1 aliphatic rings. The zero-order chi connectivity index (χ0) is 18.9. The number of amides is 1. The molecule has 26 heavy (non-hydrogen) atoms. The Morgan fingerprint density at radius 1 is 1.15 bits per heavy atom. The molecule has 3 rings (SSSR count). The lowest BCUT2D eigenvalue weighted by atomic mass is 10.1. The summed E-state index contributed by atoms with van der Waals surface area (Å²) in [7, 11) is 0. The van der Waals surface area contributed by atoms with Gasteiger partial charge in [0.25, 0.3) is 0 Å². The first kappa shape index (κ1) is 19.4. The first-order valence-electron chi connectivity index (χ1n) is 8.18. The summed E-state index contributed by atoms with van der Waals surface area (Å²) in [4.78, 5) is 27.9. The number of nitrogens with zero attached hydrogens (tertiary/aromatic N) is 3. The number of hydrogen-bond acceptors (Lipinski definition) is 4. The summed E-state index contributed by atoms with van der Waals surface area (Å²) in [5.74, 6) is -0.818. The fourth-order valence-corrected chi connectivity index (χ4v) is 2.51. The molecule has 0 spiro atoms. The molecular weight excluding hydrogens is 344 g/mol. The fourth-order valence-electron chi connectivity index (χ4n) is 2.51. The Kier molecular flexibility index (Phi) is 7.13. The summed E-state index contributed by atoms with van der Waals surface area (Å²) < 4.78 is 23.8. The van der Waals surface area contributed by atoms with Crippen LogP contribution in [0.15, 0.2) is 48.7 Å². The number of benzene rings is 1. The maximum Gasteiger partial charge on any atom is 0.230 e. The molecule has 8 heteroatoms. The van der Waals surface area contributed by atoms with Crippen LogP contribution in [0.4, 0.5) is 8.78 Å². The van der Waals surface area contributed by atoms with Crippen molar-refractivity contribution in [3.8, 4) is 0 Å². The Bertz CT molecular complexity index is 705. The normalized spacial score (nSPS) is 16.6. The van der Waals surface area contributed by atoms with Crippen molar-refractivity contribution in [3.05, 3.63) is 76.1 Å². The highest BCUT2D eigenvalue weighted by Gasteiger charge is 2.32. The predicted molar refractivity (Wildman–Crippen MR) is 90.9 cm³/mol. The molecule has 1 aliphatic heterocycles. The molecule has 0 aliphatic carbocycles. The number of carbonyl (C=O) groups excluding carboxylic acids is 1. The number of piperidine rings is 1. The van der Waals surface area contributed by atoms with E-state index in [1.807, 2.05) is 18.2 Å². The average molecular weight is 363 g/mol. The number of rotatable bonds is 4. The SMILES string of the molecule is Fc1ccc(F)cc1.O=C1CCC([N+](=O)[O-])CN1CCc1ccccn1. The van der Waals surface area contributed by atoms with Crippen molar-refractivity contribution in [3.63, 3.8) is 0 Å². The van der Waals surface area contributed by atoms with E-state index in [0.717, 1.165) is 30.0 Å². The molecule has 6 nitrogen and oxygen atoms in total. The molecule has 1 unspecified atom stereocenters. The predicted octanol–water partition coefficient (Wildman–Crippen LogP) is 2.86. The van der Waals surface area contributed by atoms with E-state index < -0.39 is 17.7 Å². The van der Waals surface area contributed by atoms with E-state index in [4.69, 9.17) is 0 Å². The van der Waals surface area contributed by atoms with Gasteiger partial charge in [-0.2, -0.15) is 0 Å². The molecule has 1 amide bonds. The van der Waals surface area contributed by atoms with Gasteiger partial charge >= 0.3 is 0 Å². The standard InChI is InChI=1S/C12H15N3O3.C6H4F2/c16-12-5-4-11(15(17)18)9-14(12)8-6-10-3-1-2-7-13-10;7-5-1-2-6(8)4-3-5/h1-3,7,11H,4-6,8-9H2;1-4H. The number of aromatic nitrogens is 1. The van der Waals surface area contributed by atoms with Crippen molar-refractivity contribution in [1.29, 1.82) is 0 Å².